The monoisotopic (exact) mass is 322 g/mol. The molecule has 1 aliphatic heterocycles. The number of hydrogen-bond acceptors (Lipinski definition) is 5. The SMILES string of the molecule is CCCc1noc(CC2CCN(C(=O)COC)CC2)c1C(C)=O. The van der Waals surface area contributed by atoms with Gasteiger partial charge in [0.2, 0.25) is 5.91 Å². The van der Waals surface area contributed by atoms with E-state index in [9.17, 15) is 9.59 Å². The summed E-state index contributed by atoms with van der Waals surface area (Å²) >= 11 is 0. The summed E-state index contributed by atoms with van der Waals surface area (Å²) in [5.74, 6) is 1.20. The fourth-order valence-corrected chi connectivity index (χ4v) is 3.17. The van der Waals surface area contributed by atoms with E-state index >= 15 is 0 Å². The van der Waals surface area contributed by atoms with Gasteiger partial charge in [0.25, 0.3) is 0 Å². The van der Waals surface area contributed by atoms with Gasteiger partial charge in [-0.3, -0.25) is 9.59 Å². The molecular weight excluding hydrogens is 296 g/mol. The average molecular weight is 322 g/mol. The summed E-state index contributed by atoms with van der Waals surface area (Å²) in [7, 11) is 1.53. The molecular formula is C17H26N2O4. The molecule has 1 saturated heterocycles. The largest absolute Gasteiger partial charge is 0.375 e. The highest BCUT2D eigenvalue weighted by Gasteiger charge is 2.26. The highest BCUT2D eigenvalue weighted by molar-refractivity contribution is 5.96. The molecule has 0 unspecified atom stereocenters. The minimum atomic E-state index is 0.0254. The molecule has 2 rings (SSSR count). The molecule has 0 aromatic carbocycles. The molecule has 6 heteroatoms. The minimum Gasteiger partial charge on any atom is -0.375 e. The number of Topliss-reactive ketones (excluding diaryl/α,β-unsaturated/α-hetero) is 1. The van der Waals surface area contributed by atoms with Crippen LogP contribution in [0.2, 0.25) is 0 Å². The van der Waals surface area contributed by atoms with E-state index in [4.69, 9.17) is 9.26 Å². The molecule has 1 aromatic rings. The number of nitrogens with zero attached hydrogens (tertiary/aromatic N) is 2. The molecule has 1 fully saturated rings. The van der Waals surface area contributed by atoms with Crippen LogP contribution in [0.5, 0.6) is 0 Å². The molecule has 0 aliphatic carbocycles. The summed E-state index contributed by atoms with van der Waals surface area (Å²) in [5.41, 5.74) is 1.45. The lowest BCUT2D eigenvalue weighted by Crippen LogP contribution is -2.40. The first-order valence-corrected chi connectivity index (χ1v) is 8.31. The molecule has 6 nitrogen and oxygen atoms in total. The van der Waals surface area contributed by atoms with Gasteiger partial charge in [0.1, 0.15) is 12.4 Å². The predicted molar refractivity (Wildman–Crippen MR) is 85.4 cm³/mol. The lowest BCUT2D eigenvalue weighted by Gasteiger charge is -2.31. The first kappa shape index (κ1) is 17.7. The predicted octanol–water partition coefficient (Wildman–Crippen LogP) is 2.26. The Morgan fingerprint density at radius 2 is 2.04 bits per heavy atom. The van der Waals surface area contributed by atoms with Crippen molar-refractivity contribution in [1.82, 2.24) is 10.1 Å². The zero-order valence-corrected chi connectivity index (χ0v) is 14.3. The molecule has 0 atom stereocenters. The summed E-state index contributed by atoms with van der Waals surface area (Å²) in [6, 6.07) is 0. The summed E-state index contributed by atoms with van der Waals surface area (Å²) in [4.78, 5) is 25.6. The van der Waals surface area contributed by atoms with Gasteiger partial charge in [-0.25, -0.2) is 0 Å². The van der Waals surface area contributed by atoms with Gasteiger partial charge >= 0.3 is 0 Å². The second-order valence-corrected chi connectivity index (χ2v) is 6.19. The molecule has 0 saturated carbocycles. The van der Waals surface area contributed by atoms with Crippen LogP contribution >= 0.6 is 0 Å². The van der Waals surface area contributed by atoms with E-state index in [-0.39, 0.29) is 18.3 Å². The maximum Gasteiger partial charge on any atom is 0.248 e. The Morgan fingerprint density at radius 1 is 1.35 bits per heavy atom. The third kappa shape index (κ3) is 4.41. The van der Waals surface area contributed by atoms with Gasteiger partial charge in [-0.2, -0.15) is 0 Å². The van der Waals surface area contributed by atoms with Gasteiger partial charge in [0.15, 0.2) is 5.78 Å². The third-order valence-corrected chi connectivity index (χ3v) is 4.38. The van der Waals surface area contributed by atoms with Gasteiger partial charge in [-0.1, -0.05) is 18.5 Å². The Morgan fingerprint density at radius 3 is 2.61 bits per heavy atom. The van der Waals surface area contributed by atoms with Crippen molar-refractivity contribution in [3.63, 3.8) is 0 Å². The standard InChI is InChI=1S/C17H26N2O4/c1-4-5-14-17(12(2)20)15(23-18-14)10-13-6-8-19(9-7-13)16(21)11-22-3/h13H,4-11H2,1-3H3. The number of rotatable bonds is 7. The average Bonchev–Trinajstić information content (AvgIpc) is 2.91. The number of ketones is 1. The Hall–Kier alpha value is -1.69. The number of carbonyl (C=O) groups excluding carboxylic acids is 2. The molecule has 0 N–H and O–H groups in total. The van der Waals surface area contributed by atoms with Crippen molar-refractivity contribution in [3.05, 3.63) is 17.0 Å². The van der Waals surface area contributed by atoms with Gasteiger partial charge in [0.05, 0.1) is 11.3 Å². The number of methoxy groups -OCH3 is 1. The molecule has 1 aromatic heterocycles. The third-order valence-electron chi connectivity index (χ3n) is 4.38. The molecule has 1 amide bonds. The van der Waals surface area contributed by atoms with Gasteiger partial charge in [-0.15, -0.1) is 0 Å². The van der Waals surface area contributed by atoms with Crippen LogP contribution in [0.1, 0.15) is 54.9 Å². The smallest absolute Gasteiger partial charge is 0.248 e. The second-order valence-electron chi connectivity index (χ2n) is 6.19. The summed E-state index contributed by atoms with van der Waals surface area (Å²) < 4.78 is 10.3. The number of hydrogen-bond donors (Lipinski definition) is 0. The summed E-state index contributed by atoms with van der Waals surface area (Å²) in [5, 5.41) is 4.08. The Bertz CT molecular complexity index is 545. The van der Waals surface area contributed by atoms with Gasteiger partial charge in [-0.05, 0) is 32.1 Å². The number of ether oxygens (including phenoxy) is 1. The topological polar surface area (TPSA) is 72.6 Å². The molecule has 0 radical (unpaired) electrons. The number of amides is 1. The second kappa shape index (κ2) is 8.24. The molecule has 1 aliphatic rings. The minimum absolute atomic E-state index is 0.0254. The number of likely N-dealkylation sites (tertiary alicyclic amines) is 1. The fraction of sp³-hybridized carbons (Fsp3) is 0.706. The van der Waals surface area contributed by atoms with E-state index in [1.807, 2.05) is 4.90 Å². The highest BCUT2D eigenvalue weighted by atomic mass is 16.5. The van der Waals surface area contributed by atoms with Crippen molar-refractivity contribution in [1.29, 1.82) is 0 Å². The summed E-state index contributed by atoms with van der Waals surface area (Å²) in [6.07, 6.45) is 4.25. The number of piperidine rings is 1. The van der Waals surface area contributed by atoms with E-state index in [1.54, 1.807) is 6.92 Å². The lowest BCUT2D eigenvalue weighted by molar-refractivity contribution is -0.136. The van der Waals surface area contributed by atoms with Crippen LogP contribution in [0.25, 0.3) is 0 Å². The van der Waals surface area contributed by atoms with Crippen molar-refractivity contribution < 1.29 is 18.8 Å². The zero-order chi connectivity index (χ0) is 16.8. The van der Waals surface area contributed by atoms with Crippen LogP contribution in [0.4, 0.5) is 0 Å². The molecule has 2 heterocycles. The molecule has 0 bridgehead atoms. The highest BCUT2D eigenvalue weighted by Crippen LogP contribution is 2.25. The summed E-state index contributed by atoms with van der Waals surface area (Å²) in [6.45, 7) is 5.24. The van der Waals surface area contributed by atoms with Crippen molar-refractivity contribution in [2.45, 2.75) is 46.0 Å². The quantitative estimate of drug-likeness (QED) is 0.720. The maximum atomic E-state index is 11.9. The van der Waals surface area contributed by atoms with Crippen LogP contribution in [0.15, 0.2) is 4.52 Å². The molecule has 0 spiro atoms. The van der Waals surface area contributed by atoms with Crippen molar-refractivity contribution in [2.75, 3.05) is 26.8 Å². The Labute approximate surface area is 137 Å². The van der Waals surface area contributed by atoms with Crippen LogP contribution in [0, 0.1) is 5.92 Å². The Kier molecular flexibility index (Phi) is 6.33. The molecule has 23 heavy (non-hydrogen) atoms. The van der Waals surface area contributed by atoms with E-state index < -0.39 is 0 Å². The maximum absolute atomic E-state index is 11.9. The van der Waals surface area contributed by atoms with Gasteiger partial charge < -0.3 is 14.2 Å². The van der Waals surface area contributed by atoms with Crippen molar-refractivity contribution in [3.8, 4) is 0 Å². The fourth-order valence-electron chi connectivity index (χ4n) is 3.17. The number of aryl methyl sites for hydroxylation is 1. The van der Waals surface area contributed by atoms with Crippen molar-refractivity contribution in [2.24, 2.45) is 5.92 Å². The van der Waals surface area contributed by atoms with Crippen molar-refractivity contribution >= 4 is 11.7 Å². The first-order valence-electron chi connectivity index (χ1n) is 8.31. The van der Waals surface area contributed by atoms with E-state index in [1.165, 1.54) is 7.11 Å². The zero-order valence-electron chi connectivity index (χ0n) is 14.3. The Balaban J connectivity index is 1.96. The number of carbonyl (C=O) groups is 2. The van der Waals surface area contributed by atoms with Crippen LogP contribution in [-0.2, 0) is 22.4 Å². The van der Waals surface area contributed by atoms with Crippen LogP contribution in [0.3, 0.4) is 0 Å². The van der Waals surface area contributed by atoms with Gasteiger partial charge in [0, 0.05) is 26.6 Å². The first-order chi connectivity index (χ1) is 11.1. The lowest BCUT2D eigenvalue weighted by atomic mass is 9.90. The van der Waals surface area contributed by atoms with Crippen LogP contribution in [-0.4, -0.2) is 48.6 Å². The van der Waals surface area contributed by atoms with E-state index in [0.717, 1.165) is 50.9 Å². The normalized spacial score (nSPS) is 15.9. The van der Waals surface area contributed by atoms with Crippen LogP contribution < -0.4 is 0 Å². The number of aromatic nitrogens is 1. The van der Waals surface area contributed by atoms with E-state index in [0.29, 0.717) is 17.2 Å². The van der Waals surface area contributed by atoms with E-state index in [2.05, 4.69) is 12.1 Å². The molecule has 128 valence electrons.